The summed E-state index contributed by atoms with van der Waals surface area (Å²) in [5.74, 6) is 0.199. The molecule has 3 N–H and O–H groups in total. The van der Waals surface area contributed by atoms with Crippen LogP contribution in [0.3, 0.4) is 0 Å². The second-order valence-corrected chi connectivity index (χ2v) is 6.96. The van der Waals surface area contributed by atoms with E-state index in [1.807, 2.05) is 17.6 Å². The van der Waals surface area contributed by atoms with Crippen LogP contribution in [0.2, 0.25) is 0 Å². The molecule has 0 saturated carbocycles. The van der Waals surface area contributed by atoms with Crippen molar-refractivity contribution in [3.8, 4) is 28.3 Å². The van der Waals surface area contributed by atoms with Crippen LogP contribution in [0.25, 0.3) is 27.6 Å². The number of H-pyrrole nitrogens is 1. The topological polar surface area (TPSA) is 99.8 Å². The number of nitrogens with one attached hydrogen (secondary N) is 1. The van der Waals surface area contributed by atoms with Crippen molar-refractivity contribution >= 4 is 22.4 Å². The normalized spacial score (nSPS) is 14.1. The third kappa shape index (κ3) is 2.07. The van der Waals surface area contributed by atoms with Crippen LogP contribution in [0.5, 0.6) is 11.8 Å². The third-order valence-corrected chi connectivity index (χ3v) is 5.54. The fraction of sp³-hybridized carbons (Fsp3) is 0.235. The molecule has 4 heterocycles. The lowest BCUT2D eigenvalue weighted by atomic mass is 9.95. The van der Waals surface area contributed by atoms with Crippen molar-refractivity contribution in [2.24, 2.45) is 0 Å². The molecule has 0 saturated heterocycles. The summed E-state index contributed by atoms with van der Waals surface area (Å²) in [6.45, 7) is 0. The molecule has 8 heteroatoms. The van der Waals surface area contributed by atoms with Crippen LogP contribution in [0, 0.1) is 0 Å². The Labute approximate surface area is 146 Å². The Bertz CT molecular complexity index is 1060. The summed E-state index contributed by atoms with van der Waals surface area (Å²) < 4.78 is 1.44. The van der Waals surface area contributed by atoms with Gasteiger partial charge in [-0.1, -0.05) is 0 Å². The summed E-state index contributed by atoms with van der Waals surface area (Å²) in [5, 5.41) is 24.4. The predicted octanol–water partition coefficient (Wildman–Crippen LogP) is 3.16. The zero-order valence-electron chi connectivity index (χ0n) is 13.2. The quantitative estimate of drug-likeness (QED) is 0.514. The van der Waals surface area contributed by atoms with Crippen LogP contribution in [0.4, 0.5) is 0 Å². The number of hydrogen-bond acceptors (Lipinski definition) is 6. The van der Waals surface area contributed by atoms with E-state index in [4.69, 9.17) is 0 Å². The summed E-state index contributed by atoms with van der Waals surface area (Å²) in [7, 11) is 0. The van der Waals surface area contributed by atoms with Crippen LogP contribution < -0.4 is 0 Å². The van der Waals surface area contributed by atoms with Gasteiger partial charge in [-0.3, -0.25) is 0 Å². The standard InChI is InChI=1S/C17H15N5O2S/c23-15-9-3-1-2-4-10(9)16(24)22(15)17-21-12(7-25-17)13-11-5-6-18-14(11)20-8-19-13/h5-8,23-24H,1-4H2,(H,18,19,20). The lowest BCUT2D eigenvalue weighted by Gasteiger charge is -2.09. The SMILES string of the molecule is Oc1c2c(c(O)n1-c1nc(-c3ncnc4[nH]ccc34)cs1)CCCC2. The maximum atomic E-state index is 10.6. The first-order chi connectivity index (χ1) is 12.2. The molecule has 126 valence electrons. The van der Waals surface area contributed by atoms with Gasteiger partial charge in [-0.15, -0.1) is 11.3 Å². The van der Waals surface area contributed by atoms with Crippen molar-refractivity contribution in [2.75, 3.05) is 0 Å². The van der Waals surface area contributed by atoms with Gasteiger partial charge in [0.2, 0.25) is 11.8 Å². The van der Waals surface area contributed by atoms with Gasteiger partial charge in [0.15, 0.2) is 5.13 Å². The molecule has 7 nitrogen and oxygen atoms in total. The second-order valence-electron chi connectivity index (χ2n) is 6.12. The summed E-state index contributed by atoms with van der Waals surface area (Å²) in [6.07, 6.45) is 6.94. The smallest absolute Gasteiger partial charge is 0.204 e. The second kappa shape index (κ2) is 5.32. The molecule has 4 aromatic heterocycles. The molecule has 0 unspecified atom stereocenters. The van der Waals surface area contributed by atoms with Gasteiger partial charge in [-0.2, -0.15) is 0 Å². The van der Waals surface area contributed by atoms with Gasteiger partial charge in [0.25, 0.3) is 0 Å². The van der Waals surface area contributed by atoms with Gasteiger partial charge >= 0.3 is 0 Å². The van der Waals surface area contributed by atoms with E-state index in [1.165, 1.54) is 22.2 Å². The van der Waals surface area contributed by atoms with Crippen molar-refractivity contribution in [3.05, 3.63) is 35.1 Å². The number of hydrogen-bond donors (Lipinski definition) is 3. The van der Waals surface area contributed by atoms with Gasteiger partial charge in [0, 0.05) is 28.1 Å². The van der Waals surface area contributed by atoms with E-state index in [-0.39, 0.29) is 11.8 Å². The highest BCUT2D eigenvalue weighted by atomic mass is 32.1. The third-order valence-electron chi connectivity index (χ3n) is 4.71. The Morgan fingerprint density at radius 3 is 2.60 bits per heavy atom. The Balaban J connectivity index is 1.64. The number of aromatic hydroxyl groups is 2. The molecule has 25 heavy (non-hydrogen) atoms. The Morgan fingerprint density at radius 2 is 1.84 bits per heavy atom. The highest BCUT2D eigenvalue weighted by Gasteiger charge is 2.26. The van der Waals surface area contributed by atoms with Crippen LogP contribution in [0.15, 0.2) is 24.0 Å². The number of nitrogens with zero attached hydrogens (tertiary/aromatic N) is 4. The van der Waals surface area contributed by atoms with Crippen molar-refractivity contribution in [1.29, 1.82) is 0 Å². The average Bonchev–Trinajstić information content (AvgIpc) is 3.34. The molecule has 0 radical (unpaired) electrons. The predicted molar refractivity (Wildman–Crippen MR) is 94.3 cm³/mol. The van der Waals surface area contributed by atoms with Crippen molar-refractivity contribution < 1.29 is 10.2 Å². The zero-order valence-corrected chi connectivity index (χ0v) is 14.0. The van der Waals surface area contributed by atoms with E-state index in [9.17, 15) is 10.2 Å². The molecule has 0 aromatic carbocycles. The van der Waals surface area contributed by atoms with E-state index in [2.05, 4.69) is 19.9 Å². The molecule has 1 aliphatic rings. The fourth-order valence-corrected chi connectivity index (χ4v) is 4.31. The fourth-order valence-electron chi connectivity index (χ4n) is 3.50. The summed E-state index contributed by atoms with van der Waals surface area (Å²) >= 11 is 1.36. The molecule has 5 rings (SSSR count). The van der Waals surface area contributed by atoms with Gasteiger partial charge < -0.3 is 15.2 Å². The lowest BCUT2D eigenvalue weighted by molar-refractivity contribution is 0.399. The number of aromatic amines is 1. The largest absolute Gasteiger partial charge is 0.494 e. The first-order valence-electron chi connectivity index (χ1n) is 8.13. The molecule has 1 aliphatic carbocycles. The summed E-state index contributed by atoms with van der Waals surface area (Å²) in [5.41, 5.74) is 3.86. The van der Waals surface area contributed by atoms with Crippen molar-refractivity contribution in [3.63, 3.8) is 0 Å². The summed E-state index contributed by atoms with van der Waals surface area (Å²) in [6, 6.07) is 1.91. The minimum absolute atomic E-state index is 0.0996. The molecule has 0 amide bonds. The Morgan fingerprint density at radius 1 is 1.08 bits per heavy atom. The molecule has 0 fully saturated rings. The molecule has 0 aliphatic heterocycles. The molecule has 0 bridgehead atoms. The van der Waals surface area contributed by atoms with Gasteiger partial charge in [0.05, 0.1) is 0 Å². The first kappa shape index (κ1) is 14.5. The van der Waals surface area contributed by atoms with Gasteiger partial charge in [-0.05, 0) is 31.7 Å². The van der Waals surface area contributed by atoms with E-state index in [0.717, 1.165) is 53.5 Å². The van der Waals surface area contributed by atoms with Crippen molar-refractivity contribution in [2.45, 2.75) is 25.7 Å². The zero-order chi connectivity index (χ0) is 17.0. The van der Waals surface area contributed by atoms with E-state index >= 15 is 0 Å². The van der Waals surface area contributed by atoms with Crippen molar-refractivity contribution in [1.82, 2.24) is 24.5 Å². The van der Waals surface area contributed by atoms with E-state index < -0.39 is 0 Å². The molecular weight excluding hydrogens is 338 g/mol. The van der Waals surface area contributed by atoms with Crippen LogP contribution in [-0.2, 0) is 12.8 Å². The number of thiazole rings is 1. The monoisotopic (exact) mass is 353 g/mol. The average molecular weight is 353 g/mol. The van der Waals surface area contributed by atoms with Crippen LogP contribution in [0.1, 0.15) is 24.0 Å². The minimum Gasteiger partial charge on any atom is -0.494 e. The Hall–Kier alpha value is -2.87. The maximum Gasteiger partial charge on any atom is 0.204 e. The molecule has 0 spiro atoms. The molecular formula is C17H15N5O2S. The highest BCUT2D eigenvalue weighted by molar-refractivity contribution is 7.12. The number of rotatable bonds is 2. The van der Waals surface area contributed by atoms with Crippen LogP contribution >= 0.6 is 11.3 Å². The van der Waals surface area contributed by atoms with Gasteiger partial charge in [0.1, 0.15) is 23.4 Å². The lowest BCUT2D eigenvalue weighted by Crippen LogP contribution is -1.98. The minimum atomic E-state index is 0.0996. The maximum absolute atomic E-state index is 10.6. The Kier molecular flexibility index (Phi) is 3.08. The van der Waals surface area contributed by atoms with Crippen LogP contribution in [-0.4, -0.2) is 34.7 Å². The highest BCUT2D eigenvalue weighted by Crippen LogP contribution is 2.42. The molecule has 4 aromatic rings. The molecule has 0 atom stereocenters. The number of fused-ring (bicyclic) bond motifs is 2. The van der Waals surface area contributed by atoms with E-state index in [1.54, 1.807) is 0 Å². The van der Waals surface area contributed by atoms with Gasteiger partial charge in [-0.25, -0.2) is 19.5 Å². The van der Waals surface area contributed by atoms with E-state index in [0.29, 0.717) is 10.8 Å². The number of aromatic nitrogens is 5. The first-order valence-corrected chi connectivity index (χ1v) is 9.00. The summed E-state index contributed by atoms with van der Waals surface area (Å²) in [4.78, 5) is 16.2.